The quantitative estimate of drug-likeness (QED) is 0.528. The first kappa shape index (κ1) is 19.7. The first-order valence-corrected chi connectivity index (χ1v) is 9.47. The minimum Gasteiger partial charge on any atom is -0.464 e. The molecule has 23 heavy (non-hydrogen) atoms. The first-order valence-electron chi connectivity index (χ1n) is 7.66. The number of rotatable bonds is 8. The molecule has 1 aromatic rings. The Morgan fingerprint density at radius 2 is 1.83 bits per heavy atom. The zero-order valence-corrected chi connectivity index (χ0v) is 15.5. The van der Waals surface area contributed by atoms with Crippen LogP contribution in [0.5, 0.6) is 5.75 Å². The summed E-state index contributed by atoms with van der Waals surface area (Å²) in [6, 6.07) is 9.16. The maximum Gasteiger partial charge on any atom is 0.332 e. The molecule has 0 aliphatic heterocycles. The van der Waals surface area contributed by atoms with Crippen molar-refractivity contribution in [1.29, 1.82) is 0 Å². The van der Waals surface area contributed by atoms with E-state index in [2.05, 4.69) is 0 Å². The molecule has 0 aliphatic carbocycles. The number of hydrogen-bond donors (Lipinski definition) is 0. The van der Waals surface area contributed by atoms with Crippen LogP contribution in [0.1, 0.15) is 27.7 Å². The molecule has 0 spiro atoms. The van der Waals surface area contributed by atoms with Crippen LogP contribution in [0.4, 0.5) is 0 Å². The number of carbonyl (C=O) groups is 1. The molecular weight excluding hydrogens is 315 g/mol. The van der Waals surface area contributed by atoms with Gasteiger partial charge in [0.1, 0.15) is 12.4 Å². The van der Waals surface area contributed by atoms with Gasteiger partial charge in [0, 0.05) is 24.3 Å². The molecule has 1 aromatic carbocycles. The predicted molar refractivity (Wildman–Crippen MR) is 91.3 cm³/mol. The van der Waals surface area contributed by atoms with Crippen molar-refractivity contribution in [3.63, 3.8) is 0 Å². The molecule has 0 fully saturated rings. The standard InChI is InChI=1S/C17H27O5P/c1-14(11-21-16(18)12-20-5)13-23(19,17(2,3)4)22-15-9-7-6-8-10-15/h6-10,14H,11-13H2,1-5H3/t14-,23?/m0/s1. The second kappa shape index (κ2) is 8.51. The number of methoxy groups -OCH3 is 1. The summed E-state index contributed by atoms with van der Waals surface area (Å²) in [6.45, 7) is 7.72. The highest BCUT2D eigenvalue weighted by Crippen LogP contribution is 2.59. The zero-order chi connectivity index (χ0) is 17.5. The fraction of sp³-hybridized carbons (Fsp3) is 0.588. The Kier molecular flexibility index (Phi) is 7.30. The summed E-state index contributed by atoms with van der Waals surface area (Å²) in [4.78, 5) is 11.4. The van der Waals surface area contributed by atoms with Gasteiger partial charge in [-0.25, -0.2) is 4.79 Å². The molecule has 0 heterocycles. The summed E-state index contributed by atoms with van der Waals surface area (Å²) >= 11 is 0. The topological polar surface area (TPSA) is 61.8 Å². The van der Waals surface area contributed by atoms with E-state index in [1.165, 1.54) is 7.11 Å². The normalized spacial score (nSPS) is 15.5. The second-order valence-corrected chi connectivity index (χ2v) is 9.89. The molecule has 1 unspecified atom stereocenters. The van der Waals surface area contributed by atoms with Gasteiger partial charge in [0.05, 0.1) is 6.61 Å². The zero-order valence-electron chi connectivity index (χ0n) is 14.6. The molecule has 0 bridgehead atoms. The Morgan fingerprint density at radius 1 is 1.22 bits per heavy atom. The lowest BCUT2D eigenvalue weighted by Crippen LogP contribution is -2.26. The van der Waals surface area contributed by atoms with Gasteiger partial charge < -0.3 is 14.0 Å². The Morgan fingerprint density at radius 3 is 2.35 bits per heavy atom. The molecule has 0 amide bonds. The highest BCUT2D eigenvalue weighted by Gasteiger charge is 2.40. The maximum atomic E-state index is 13.4. The summed E-state index contributed by atoms with van der Waals surface area (Å²) in [6.07, 6.45) is 0.339. The van der Waals surface area contributed by atoms with Gasteiger partial charge in [-0.05, 0) is 12.1 Å². The summed E-state index contributed by atoms with van der Waals surface area (Å²) in [7, 11) is -1.54. The number of carbonyl (C=O) groups excluding carboxylic acids is 1. The number of esters is 1. The van der Waals surface area contributed by atoms with Crippen LogP contribution >= 0.6 is 7.37 Å². The van der Waals surface area contributed by atoms with Crippen molar-refractivity contribution >= 4 is 13.3 Å². The third kappa shape index (κ3) is 6.36. The minimum absolute atomic E-state index is 0.0791. The van der Waals surface area contributed by atoms with Gasteiger partial charge in [-0.15, -0.1) is 0 Å². The van der Waals surface area contributed by atoms with E-state index in [0.717, 1.165) is 0 Å². The lowest BCUT2D eigenvalue weighted by atomic mass is 10.2. The summed E-state index contributed by atoms with van der Waals surface area (Å²) < 4.78 is 29.1. The van der Waals surface area contributed by atoms with Crippen molar-refractivity contribution in [1.82, 2.24) is 0 Å². The minimum atomic E-state index is -2.98. The molecule has 0 saturated heterocycles. The molecule has 1 rings (SSSR count). The van der Waals surface area contributed by atoms with Crippen LogP contribution in [0.2, 0.25) is 0 Å². The summed E-state index contributed by atoms with van der Waals surface area (Å²) in [5.74, 6) is 0.0906. The predicted octanol–water partition coefficient (Wildman–Crippen LogP) is 3.97. The second-order valence-electron chi connectivity index (χ2n) is 6.65. The average molecular weight is 342 g/mol. The van der Waals surface area contributed by atoms with Crippen molar-refractivity contribution in [2.45, 2.75) is 32.9 Å². The highest BCUT2D eigenvalue weighted by atomic mass is 31.2. The van der Waals surface area contributed by atoms with Gasteiger partial charge in [-0.3, -0.25) is 4.57 Å². The Bertz CT molecular complexity index is 536. The van der Waals surface area contributed by atoms with Gasteiger partial charge >= 0.3 is 5.97 Å². The SMILES string of the molecule is COCC(=O)OC[C@H](C)CP(=O)(Oc1ccccc1)C(C)(C)C. The van der Waals surface area contributed by atoms with Crippen molar-refractivity contribution in [3.8, 4) is 5.75 Å². The van der Waals surface area contributed by atoms with Crippen LogP contribution in [-0.2, 0) is 18.8 Å². The number of hydrogen-bond acceptors (Lipinski definition) is 5. The molecule has 0 N–H and O–H groups in total. The largest absolute Gasteiger partial charge is 0.464 e. The lowest BCUT2D eigenvalue weighted by Gasteiger charge is -2.33. The van der Waals surface area contributed by atoms with E-state index < -0.39 is 18.5 Å². The van der Waals surface area contributed by atoms with Gasteiger partial charge in [0.15, 0.2) is 0 Å². The van der Waals surface area contributed by atoms with E-state index in [-0.39, 0.29) is 19.1 Å². The monoisotopic (exact) mass is 342 g/mol. The fourth-order valence-electron chi connectivity index (χ4n) is 1.96. The van der Waals surface area contributed by atoms with E-state index >= 15 is 0 Å². The molecule has 0 aliphatic rings. The Hall–Kier alpha value is -1.32. The van der Waals surface area contributed by atoms with Gasteiger partial charge in [0.25, 0.3) is 7.37 Å². The molecular formula is C17H27O5P. The molecule has 130 valence electrons. The van der Waals surface area contributed by atoms with E-state index in [9.17, 15) is 9.36 Å². The smallest absolute Gasteiger partial charge is 0.332 e. The van der Waals surface area contributed by atoms with Gasteiger partial charge in [-0.1, -0.05) is 45.9 Å². The van der Waals surface area contributed by atoms with E-state index in [4.69, 9.17) is 14.0 Å². The fourth-order valence-corrected chi connectivity index (χ4v) is 4.24. The van der Waals surface area contributed by atoms with Crippen molar-refractivity contribution in [2.24, 2.45) is 5.92 Å². The highest BCUT2D eigenvalue weighted by molar-refractivity contribution is 7.61. The van der Waals surface area contributed by atoms with Gasteiger partial charge in [0.2, 0.25) is 0 Å². The summed E-state index contributed by atoms with van der Waals surface area (Å²) in [5.41, 5.74) is 0. The lowest BCUT2D eigenvalue weighted by molar-refractivity contribution is -0.148. The number of para-hydroxylation sites is 1. The third-order valence-electron chi connectivity index (χ3n) is 3.36. The van der Waals surface area contributed by atoms with E-state index in [0.29, 0.717) is 11.9 Å². The first-order chi connectivity index (χ1) is 10.7. The van der Waals surface area contributed by atoms with Crippen LogP contribution in [0.3, 0.4) is 0 Å². The maximum absolute atomic E-state index is 13.4. The number of benzene rings is 1. The summed E-state index contributed by atoms with van der Waals surface area (Å²) in [5, 5.41) is -0.506. The van der Waals surface area contributed by atoms with Crippen molar-refractivity contribution in [2.75, 3.05) is 26.5 Å². The van der Waals surface area contributed by atoms with Crippen LogP contribution in [0, 0.1) is 5.92 Å². The molecule has 0 saturated carbocycles. The molecule has 0 aromatic heterocycles. The van der Waals surface area contributed by atoms with Crippen LogP contribution in [0.15, 0.2) is 30.3 Å². The number of ether oxygens (including phenoxy) is 2. The molecule has 5 nitrogen and oxygen atoms in total. The molecule has 0 radical (unpaired) electrons. The van der Waals surface area contributed by atoms with Crippen LogP contribution < -0.4 is 4.52 Å². The van der Waals surface area contributed by atoms with Crippen LogP contribution in [0.25, 0.3) is 0 Å². The molecule has 2 atom stereocenters. The van der Waals surface area contributed by atoms with Crippen molar-refractivity contribution < 1.29 is 23.4 Å². The van der Waals surface area contributed by atoms with Gasteiger partial charge in [-0.2, -0.15) is 0 Å². The van der Waals surface area contributed by atoms with Crippen molar-refractivity contribution in [3.05, 3.63) is 30.3 Å². The third-order valence-corrected chi connectivity index (χ3v) is 7.02. The van der Waals surface area contributed by atoms with E-state index in [1.54, 1.807) is 12.1 Å². The Balaban J connectivity index is 2.75. The van der Waals surface area contributed by atoms with Crippen LogP contribution in [-0.4, -0.2) is 37.6 Å². The Labute approximate surface area is 138 Å². The van der Waals surface area contributed by atoms with E-state index in [1.807, 2.05) is 45.9 Å². The average Bonchev–Trinajstić information content (AvgIpc) is 2.45. The molecule has 6 heteroatoms.